The zero-order valence-electron chi connectivity index (χ0n) is 9.83. The Labute approximate surface area is 108 Å². The highest BCUT2D eigenvalue weighted by Gasteiger charge is 2.24. The van der Waals surface area contributed by atoms with Crippen molar-refractivity contribution in [1.29, 1.82) is 0 Å². The maximum Gasteiger partial charge on any atom is 0.310 e. The largest absolute Gasteiger partial charge is 0.494 e. The Morgan fingerprint density at radius 1 is 1.67 bits per heavy atom. The van der Waals surface area contributed by atoms with Crippen LogP contribution in [0.25, 0.3) is 0 Å². The summed E-state index contributed by atoms with van der Waals surface area (Å²) >= 11 is 0.876. The third-order valence-corrected chi connectivity index (χ3v) is 3.65. The molecule has 0 radical (unpaired) electrons. The number of aromatic nitrogens is 1. The highest BCUT2D eigenvalue weighted by molar-refractivity contribution is 7.07. The molecule has 98 valence electrons. The first-order valence-corrected chi connectivity index (χ1v) is 6.48. The smallest absolute Gasteiger partial charge is 0.310 e. The number of nitrogens with zero attached hydrogens (tertiary/aromatic N) is 2. The van der Waals surface area contributed by atoms with E-state index in [2.05, 4.69) is 16.8 Å². The first kappa shape index (κ1) is 12.7. The molecule has 6 nitrogen and oxygen atoms in total. The molecule has 0 spiro atoms. The van der Waals surface area contributed by atoms with Gasteiger partial charge in [-0.25, -0.2) is 0 Å². The third kappa shape index (κ3) is 2.73. The molecule has 1 aromatic rings. The molecule has 1 amide bonds. The highest BCUT2D eigenvalue weighted by Crippen LogP contribution is 2.14. The maximum absolute atomic E-state index is 11.6. The van der Waals surface area contributed by atoms with Gasteiger partial charge in [-0.1, -0.05) is 17.9 Å². The van der Waals surface area contributed by atoms with Crippen molar-refractivity contribution >= 4 is 17.2 Å². The highest BCUT2D eigenvalue weighted by atomic mass is 32.1. The van der Waals surface area contributed by atoms with Crippen LogP contribution in [0.15, 0.2) is 23.0 Å². The van der Waals surface area contributed by atoms with Crippen LogP contribution >= 0.6 is 11.3 Å². The first-order chi connectivity index (χ1) is 8.60. The van der Waals surface area contributed by atoms with Gasteiger partial charge >= 0.3 is 4.87 Å². The monoisotopic (exact) mass is 269 g/mol. The number of carbonyl (C=O) groups excluding carboxylic acids is 1. The normalized spacial score (nSPS) is 15.2. The molecule has 2 N–H and O–H groups in total. The second-order valence-electron chi connectivity index (χ2n) is 4.25. The van der Waals surface area contributed by atoms with Crippen molar-refractivity contribution in [2.45, 2.75) is 6.54 Å². The van der Waals surface area contributed by atoms with Gasteiger partial charge in [-0.15, -0.1) is 0 Å². The minimum Gasteiger partial charge on any atom is -0.494 e. The molecule has 0 atom stereocenters. The summed E-state index contributed by atoms with van der Waals surface area (Å²) in [4.78, 5) is 24.6. The van der Waals surface area contributed by atoms with Crippen molar-refractivity contribution in [2.24, 2.45) is 5.92 Å². The van der Waals surface area contributed by atoms with Gasteiger partial charge < -0.3 is 15.3 Å². The summed E-state index contributed by atoms with van der Waals surface area (Å²) in [6.45, 7) is 5.90. The molecular weight excluding hydrogens is 254 g/mol. The standard InChI is InChI=1S/C11H15N3O3S/c1-2-13-4-8(5-13)3-12-9(15)6-14-10(16)7-18-11(14)17/h2,7-8,16H,1,3-6H2,(H,12,15). The minimum atomic E-state index is -0.330. The van der Waals surface area contributed by atoms with E-state index in [1.54, 1.807) is 6.20 Å². The molecule has 1 saturated heterocycles. The summed E-state index contributed by atoms with van der Waals surface area (Å²) in [6, 6.07) is 0. The van der Waals surface area contributed by atoms with E-state index in [0.29, 0.717) is 12.5 Å². The van der Waals surface area contributed by atoms with Crippen molar-refractivity contribution in [3.63, 3.8) is 0 Å². The number of thiazole rings is 1. The fraction of sp³-hybridized carbons (Fsp3) is 0.455. The van der Waals surface area contributed by atoms with Crippen molar-refractivity contribution in [3.05, 3.63) is 27.8 Å². The molecule has 1 aromatic heterocycles. The van der Waals surface area contributed by atoms with Crippen molar-refractivity contribution in [3.8, 4) is 5.88 Å². The molecule has 0 aliphatic carbocycles. The average Bonchev–Trinajstić information content (AvgIpc) is 2.59. The van der Waals surface area contributed by atoms with Gasteiger partial charge in [0.15, 0.2) is 0 Å². The van der Waals surface area contributed by atoms with Gasteiger partial charge in [0.25, 0.3) is 0 Å². The molecule has 0 aromatic carbocycles. The summed E-state index contributed by atoms with van der Waals surface area (Å²) in [6.07, 6.45) is 1.78. The topological polar surface area (TPSA) is 74.6 Å². The predicted octanol–water partition coefficient (Wildman–Crippen LogP) is -0.193. The lowest BCUT2D eigenvalue weighted by Gasteiger charge is -2.38. The summed E-state index contributed by atoms with van der Waals surface area (Å²) in [7, 11) is 0. The Balaban J connectivity index is 1.76. The second kappa shape index (κ2) is 5.26. The third-order valence-electron chi connectivity index (χ3n) is 2.90. The number of likely N-dealkylation sites (tertiary alicyclic amines) is 1. The quantitative estimate of drug-likeness (QED) is 0.777. The van der Waals surface area contributed by atoms with E-state index >= 15 is 0 Å². The number of aromatic hydroxyl groups is 1. The molecule has 0 bridgehead atoms. The van der Waals surface area contributed by atoms with Crippen LogP contribution in [0.2, 0.25) is 0 Å². The molecule has 2 rings (SSSR count). The summed E-state index contributed by atoms with van der Waals surface area (Å²) in [5.74, 6) is 0.00391. The fourth-order valence-electron chi connectivity index (χ4n) is 1.82. The predicted molar refractivity (Wildman–Crippen MR) is 68.5 cm³/mol. The Hall–Kier alpha value is -1.76. The molecule has 18 heavy (non-hydrogen) atoms. The molecule has 1 aliphatic heterocycles. The zero-order chi connectivity index (χ0) is 13.1. The van der Waals surface area contributed by atoms with Crippen LogP contribution in [0.3, 0.4) is 0 Å². The van der Waals surface area contributed by atoms with Crippen LogP contribution in [0.4, 0.5) is 0 Å². The van der Waals surface area contributed by atoms with Crippen LogP contribution in [0, 0.1) is 5.92 Å². The Kier molecular flexibility index (Phi) is 3.71. The van der Waals surface area contributed by atoms with Crippen molar-refractivity contribution < 1.29 is 9.90 Å². The SMILES string of the molecule is C=CN1CC(CNC(=O)Cn2c(O)csc2=O)C1. The van der Waals surface area contributed by atoms with E-state index in [0.717, 1.165) is 29.0 Å². The van der Waals surface area contributed by atoms with E-state index in [9.17, 15) is 14.7 Å². The number of hydrogen-bond donors (Lipinski definition) is 2. The zero-order valence-corrected chi connectivity index (χ0v) is 10.7. The fourth-order valence-corrected chi connectivity index (χ4v) is 2.43. The molecule has 7 heteroatoms. The van der Waals surface area contributed by atoms with Gasteiger partial charge in [0.1, 0.15) is 6.54 Å². The first-order valence-electron chi connectivity index (χ1n) is 5.60. The van der Waals surface area contributed by atoms with E-state index in [1.807, 2.05) is 0 Å². The van der Waals surface area contributed by atoms with E-state index in [4.69, 9.17) is 0 Å². The van der Waals surface area contributed by atoms with Crippen molar-refractivity contribution in [2.75, 3.05) is 19.6 Å². The van der Waals surface area contributed by atoms with Crippen molar-refractivity contribution in [1.82, 2.24) is 14.8 Å². The minimum absolute atomic E-state index is 0.133. The van der Waals surface area contributed by atoms with Gasteiger partial charge in [0.2, 0.25) is 11.8 Å². The molecule has 0 saturated carbocycles. The van der Waals surface area contributed by atoms with Crippen LogP contribution in [-0.2, 0) is 11.3 Å². The average molecular weight is 269 g/mol. The van der Waals surface area contributed by atoms with Crippen LogP contribution in [0.5, 0.6) is 5.88 Å². The Bertz CT molecular complexity index is 502. The second-order valence-corrected chi connectivity index (χ2v) is 5.07. The van der Waals surface area contributed by atoms with Gasteiger partial charge in [-0.3, -0.25) is 14.2 Å². The lowest BCUT2D eigenvalue weighted by molar-refractivity contribution is -0.122. The molecule has 1 aliphatic rings. The Morgan fingerprint density at radius 2 is 2.39 bits per heavy atom. The number of amides is 1. The maximum atomic E-state index is 11.6. The molecule has 2 heterocycles. The number of nitrogens with one attached hydrogen (secondary N) is 1. The molecule has 1 fully saturated rings. The van der Waals surface area contributed by atoms with E-state index < -0.39 is 0 Å². The van der Waals surface area contributed by atoms with Gasteiger partial charge in [0.05, 0.1) is 5.38 Å². The van der Waals surface area contributed by atoms with Gasteiger partial charge in [0, 0.05) is 25.6 Å². The molecular formula is C11H15N3O3S. The number of carbonyl (C=O) groups is 1. The van der Waals surface area contributed by atoms with Gasteiger partial charge in [-0.05, 0) is 6.20 Å². The van der Waals surface area contributed by atoms with Crippen LogP contribution in [-0.4, -0.2) is 40.1 Å². The lowest BCUT2D eigenvalue weighted by Crippen LogP contribution is -2.49. The summed E-state index contributed by atoms with van der Waals surface area (Å²) in [5, 5.41) is 13.4. The number of hydrogen-bond acceptors (Lipinski definition) is 5. The van der Waals surface area contributed by atoms with E-state index in [1.165, 1.54) is 5.38 Å². The number of rotatable bonds is 5. The summed E-state index contributed by atoms with van der Waals surface area (Å²) < 4.78 is 1.05. The Morgan fingerprint density at radius 3 is 2.94 bits per heavy atom. The summed E-state index contributed by atoms with van der Waals surface area (Å²) in [5.41, 5.74) is 0. The molecule has 0 unspecified atom stereocenters. The van der Waals surface area contributed by atoms with Gasteiger partial charge in [-0.2, -0.15) is 0 Å². The van der Waals surface area contributed by atoms with E-state index in [-0.39, 0.29) is 23.2 Å². The van der Waals surface area contributed by atoms with Crippen LogP contribution in [0.1, 0.15) is 0 Å². The lowest BCUT2D eigenvalue weighted by atomic mass is 10.0. The van der Waals surface area contributed by atoms with Crippen LogP contribution < -0.4 is 10.2 Å².